The van der Waals surface area contributed by atoms with Gasteiger partial charge < -0.3 is 5.11 Å². The van der Waals surface area contributed by atoms with Crippen LogP contribution in [-0.2, 0) is 16.0 Å². The molecule has 0 bridgehead atoms. The standard InChI is InChI=1S/C23H17F2NO3S/c1-2-13-5-7-14(8-6-13)21(27)19-20(18-4-3-11-30-18)26(23(29)22(19)28)17-10-9-15(24)12-16(17)25/h3-12,20,27H,2H2,1H3/b21-19-. The van der Waals surface area contributed by atoms with Crippen LogP contribution in [0.5, 0.6) is 0 Å². The Kier molecular flexibility index (Phi) is 5.22. The Morgan fingerprint density at radius 2 is 1.83 bits per heavy atom. The molecule has 30 heavy (non-hydrogen) atoms. The number of amides is 1. The van der Waals surface area contributed by atoms with Gasteiger partial charge >= 0.3 is 0 Å². The summed E-state index contributed by atoms with van der Waals surface area (Å²) in [7, 11) is 0. The van der Waals surface area contributed by atoms with Crippen molar-refractivity contribution in [2.75, 3.05) is 4.90 Å². The van der Waals surface area contributed by atoms with Gasteiger partial charge in [0, 0.05) is 16.5 Å². The molecule has 1 atom stereocenters. The molecule has 0 radical (unpaired) electrons. The molecule has 2 aromatic carbocycles. The van der Waals surface area contributed by atoms with Crippen LogP contribution in [0.25, 0.3) is 5.76 Å². The van der Waals surface area contributed by atoms with Gasteiger partial charge in [0.25, 0.3) is 11.7 Å². The molecule has 1 aromatic heterocycles. The van der Waals surface area contributed by atoms with Gasteiger partial charge in [-0.1, -0.05) is 37.3 Å². The molecule has 1 amide bonds. The van der Waals surface area contributed by atoms with Gasteiger partial charge in [-0.15, -0.1) is 11.3 Å². The summed E-state index contributed by atoms with van der Waals surface area (Å²) >= 11 is 1.27. The predicted molar refractivity (Wildman–Crippen MR) is 111 cm³/mol. The third kappa shape index (κ3) is 3.31. The average molecular weight is 425 g/mol. The number of carbonyl (C=O) groups is 2. The molecule has 3 aromatic rings. The number of Topliss-reactive ketones (excluding diaryl/α,β-unsaturated/α-hetero) is 1. The number of thiophene rings is 1. The van der Waals surface area contributed by atoms with E-state index in [1.807, 2.05) is 19.1 Å². The minimum absolute atomic E-state index is 0.129. The number of nitrogens with zero attached hydrogens (tertiary/aromatic N) is 1. The minimum Gasteiger partial charge on any atom is -0.507 e. The van der Waals surface area contributed by atoms with Crippen LogP contribution in [0.2, 0.25) is 0 Å². The average Bonchev–Trinajstić information content (AvgIpc) is 3.35. The number of benzene rings is 2. The zero-order valence-electron chi connectivity index (χ0n) is 15.9. The Labute approximate surface area is 175 Å². The number of aliphatic hydroxyl groups is 1. The smallest absolute Gasteiger partial charge is 0.300 e. The number of hydrogen-bond acceptors (Lipinski definition) is 4. The second-order valence-electron chi connectivity index (χ2n) is 6.83. The zero-order valence-corrected chi connectivity index (χ0v) is 16.7. The fourth-order valence-electron chi connectivity index (χ4n) is 3.53. The third-order valence-electron chi connectivity index (χ3n) is 5.06. The van der Waals surface area contributed by atoms with Crippen molar-refractivity contribution in [1.82, 2.24) is 0 Å². The normalized spacial score (nSPS) is 18.2. The van der Waals surface area contributed by atoms with Gasteiger partial charge in [-0.3, -0.25) is 14.5 Å². The molecule has 7 heteroatoms. The Morgan fingerprint density at radius 1 is 1.10 bits per heavy atom. The number of aliphatic hydroxyl groups excluding tert-OH is 1. The zero-order chi connectivity index (χ0) is 21.4. The van der Waals surface area contributed by atoms with Crippen LogP contribution in [-0.4, -0.2) is 16.8 Å². The van der Waals surface area contributed by atoms with Crippen LogP contribution in [0.1, 0.15) is 29.0 Å². The first-order valence-corrected chi connectivity index (χ1v) is 10.2. The summed E-state index contributed by atoms with van der Waals surface area (Å²) in [6.07, 6.45) is 0.810. The summed E-state index contributed by atoms with van der Waals surface area (Å²) in [6, 6.07) is 12.2. The number of carbonyl (C=O) groups excluding carboxylic acids is 2. The molecule has 0 saturated carbocycles. The first-order chi connectivity index (χ1) is 14.4. The first kappa shape index (κ1) is 20.0. The van der Waals surface area contributed by atoms with Gasteiger partial charge in [-0.2, -0.15) is 0 Å². The van der Waals surface area contributed by atoms with E-state index in [4.69, 9.17) is 0 Å². The van der Waals surface area contributed by atoms with Crippen molar-refractivity contribution in [3.63, 3.8) is 0 Å². The molecule has 1 unspecified atom stereocenters. The quantitative estimate of drug-likeness (QED) is 0.354. The van der Waals surface area contributed by atoms with Crippen LogP contribution >= 0.6 is 11.3 Å². The van der Waals surface area contributed by atoms with Gasteiger partial charge in [0.05, 0.1) is 11.3 Å². The SMILES string of the molecule is CCc1ccc(/C(O)=C2/C(=O)C(=O)N(c3ccc(F)cc3F)C2c2cccs2)cc1. The Morgan fingerprint density at radius 3 is 2.43 bits per heavy atom. The molecule has 1 aliphatic heterocycles. The van der Waals surface area contributed by atoms with Crippen molar-refractivity contribution in [3.05, 3.63) is 93.2 Å². The topological polar surface area (TPSA) is 57.6 Å². The van der Waals surface area contributed by atoms with Crippen molar-refractivity contribution in [2.24, 2.45) is 0 Å². The predicted octanol–water partition coefficient (Wildman–Crippen LogP) is 5.22. The summed E-state index contributed by atoms with van der Waals surface area (Å²) in [4.78, 5) is 27.3. The molecule has 0 aliphatic carbocycles. The van der Waals surface area contributed by atoms with Crippen LogP contribution in [0, 0.1) is 11.6 Å². The third-order valence-corrected chi connectivity index (χ3v) is 5.99. The lowest BCUT2D eigenvalue weighted by molar-refractivity contribution is -0.132. The van der Waals surface area contributed by atoms with Gasteiger partial charge in [0.1, 0.15) is 23.4 Å². The second kappa shape index (κ2) is 7.84. The highest BCUT2D eigenvalue weighted by molar-refractivity contribution is 7.10. The van der Waals surface area contributed by atoms with Gasteiger partial charge in [-0.05, 0) is 35.6 Å². The molecule has 0 spiro atoms. The summed E-state index contributed by atoms with van der Waals surface area (Å²) in [6.45, 7) is 1.99. The molecule has 1 N–H and O–H groups in total. The minimum atomic E-state index is -1.02. The summed E-state index contributed by atoms with van der Waals surface area (Å²) < 4.78 is 27.9. The fourth-order valence-corrected chi connectivity index (χ4v) is 4.35. The molecule has 1 saturated heterocycles. The highest BCUT2D eigenvalue weighted by atomic mass is 32.1. The van der Waals surface area contributed by atoms with Gasteiger partial charge in [0.2, 0.25) is 0 Å². The number of ketones is 1. The number of aryl methyl sites for hydroxylation is 1. The van der Waals surface area contributed by atoms with E-state index in [9.17, 15) is 23.5 Å². The summed E-state index contributed by atoms with van der Waals surface area (Å²) in [5.41, 5.74) is 1.08. The first-order valence-electron chi connectivity index (χ1n) is 9.31. The summed E-state index contributed by atoms with van der Waals surface area (Å²) in [5.74, 6) is -4.00. The van der Waals surface area contributed by atoms with Crippen LogP contribution < -0.4 is 4.90 Å². The number of rotatable bonds is 4. The lowest BCUT2D eigenvalue weighted by Crippen LogP contribution is -2.30. The van der Waals surface area contributed by atoms with E-state index < -0.39 is 29.4 Å². The molecule has 4 nitrogen and oxygen atoms in total. The highest BCUT2D eigenvalue weighted by Crippen LogP contribution is 2.44. The van der Waals surface area contributed by atoms with E-state index in [1.165, 1.54) is 11.3 Å². The van der Waals surface area contributed by atoms with Crippen molar-refractivity contribution in [1.29, 1.82) is 0 Å². The molecule has 152 valence electrons. The van der Waals surface area contributed by atoms with E-state index in [0.29, 0.717) is 16.5 Å². The maximum absolute atomic E-state index is 14.5. The van der Waals surface area contributed by atoms with Crippen molar-refractivity contribution in [2.45, 2.75) is 19.4 Å². The molecule has 1 aliphatic rings. The van der Waals surface area contributed by atoms with E-state index in [0.717, 1.165) is 29.0 Å². The maximum Gasteiger partial charge on any atom is 0.300 e. The number of hydrogen-bond donors (Lipinski definition) is 1. The van der Waals surface area contributed by atoms with Crippen LogP contribution in [0.3, 0.4) is 0 Å². The molecule has 4 rings (SSSR count). The van der Waals surface area contributed by atoms with E-state index in [-0.39, 0.29) is 17.0 Å². The fraction of sp³-hybridized carbons (Fsp3) is 0.130. The van der Waals surface area contributed by atoms with E-state index in [2.05, 4.69) is 0 Å². The Bertz CT molecular complexity index is 1150. The second-order valence-corrected chi connectivity index (χ2v) is 7.81. The lowest BCUT2D eigenvalue weighted by atomic mass is 9.99. The Balaban J connectivity index is 1.91. The summed E-state index contributed by atoms with van der Waals surface area (Å²) in [5, 5.41) is 12.7. The van der Waals surface area contributed by atoms with E-state index in [1.54, 1.807) is 29.6 Å². The van der Waals surface area contributed by atoms with Gasteiger partial charge in [0.15, 0.2) is 0 Å². The van der Waals surface area contributed by atoms with Crippen LogP contribution in [0.15, 0.2) is 65.6 Å². The van der Waals surface area contributed by atoms with E-state index >= 15 is 0 Å². The molecular formula is C23H17F2NO3S. The number of anilines is 1. The molecular weight excluding hydrogens is 408 g/mol. The highest BCUT2D eigenvalue weighted by Gasteiger charge is 2.48. The Hall–Kier alpha value is -3.32. The number of halogens is 2. The lowest BCUT2D eigenvalue weighted by Gasteiger charge is -2.24. The molecule has 1 fully saturated rings. The van der Waals surface area contributed by atoms with Crippen molar-refractivity contribution >= 4 is 34.5 Å². The molecule has 2 heterocycles. The maximum atomic E-state index is 14.5. The van der Waals surface area contributed by atoms with Crippen molar-refractivity contribution < 1.29 is 23.5 Å². The largest absolute Gasteiger partial charge is 0.507 e. The monoisotopic (exact) mass is 425 g/mol. The van der Waals surface area contributed by atoms with Crippen LogP contribution in [0.4, 0.5) is 14.5 Å². The van der Waals surface area contributed by atoms with Crippen molar-refractivity contribution in [3.8, 4) is 0 Å². The van der Waals surface area contributed by atoms with Gasteiger partial charge in [-0.25, -0.2) is 8.78 Å².